The number of anilines is 1. The standard InChI is InChI=1S/C19H22N6O3/c1-12(2)21-19(26)8-7-18-23-22-17-6-5-16(24-25(17)18)20-10-13-3-4-14-15(9-13)28-11-27-14/h3-6,9,12H,7-8,10-11H2,1-2H3,(H,20,24)(H,21,26). The molecule has 2 N–H and O–H groups in total. The van der Waals surface area contributed by atoms with Gasteiger partial charge in [0.15, 0.2) is 23.0 Å². The van der Waals surface area contributed by atoms with Crippen molar-refractivity contribution in [2.75, 3.05) is 12.1 Å². The molecule has 0 spiro atoms. The predicted octanol–water partition coefficient (Wildman–Crippen LogP) is 1.92. The van der Waals surface area contributed by atoms with Crippen LogP contribution in [-0.4, -0.2) is 38.6 Å². The SMILES string of the molecule is CC(C)NC(=O)CCc1nnc2ccc(NCc3ccc4c(c3)OCO4)nn12. The van der Waals surface area contributed by atoms with Gasteiger partial charge in [0.2, 0.25) is 12.7 Å². The average Bonchev–Trinajstić information content (AvgIpc) is 3.30. The van der Waals surface area contributed by atoms with Crippen LogP contribution < -0.4 is 20.1 Å². The first-order valence-electron chi connectivity index (χ1n) is 9.21. The Morgan fingerprint density at radius 3 is 2.89 bits per heavy atom. The summed E-state index contributed by atoms with van der Waals surface area (Å²) >= 11 is 0. The summed E-state index contributed by atoms with van der Waals surface area (Å²) in [4.78, 5) is 11.9. The number of fused-ring (bicyclic) bond motifs is 2. The smallest absolute Gasteiger partial charge is 0.231 e. The van der Waals surface area contributed by atoms with E-state index in [2.05, 4.69) is 25.9 Å². The van der Waals surface area contributed by atoms with Crippen LogP contribution in [0.2, 0.25) is 0 Å². The zero-order chi connectivity index (χ0) is 19.5. The zero-order valence-electron chi connectivity index (χ0n) is 15.8. The van der Waals surface area contributed by atoms with Gasteiger partial charge in [0, 0.05) is 25.4 Å². The van der Waals surface area contributed by atoms with Crippen LogP contribution in [0.3, 0.4) is 0 Å². The lowest BCUT2D eigenvalue weighted by atomic mass is 10.2. The van der Waals surface area contributed by atoms with Crippen LogP contribution in [-0.2, 0) is 17.8 Å². The predicted molar refractivity (Wildman–Crippen MR) is 102 cm³/mol. The van der Waals surface area contributed by atoms with E-state index in [0.717, 1.165) is 17.1 Å². The fourth-order valence-corrected chi connectivity index (χ4v) is 2.95. The molecular formula is C19H22N6O3. The van der Waals surface area contributed by atoms with Crippen molar-refractivity contribution in [2.24, 2.45) is 0 Å². The normalized spacial score (nSPS) is 12.5. The minimum absolute atomic E-state index is 0.0103. The average molecular weight is 382 g/mol. The number of carbonyl (C=O) groups excluding carboxylic acids is 1. The van der Waals surface area contributed by atoms with E-state index in [1.807, 2.05) is 44.2 Å². The molecule has 3 aromatic rings. The third-order valence-corrected chi connectivity index (χ3v) is 4.26. The van der Waals surface area contributed by atoms with E-state index in [9.17, 15) is 4.79 Å². The van der Waals surface area contributed by atoms with Crippen molar-refractivity contribution >= 4 is 17.4 Å². The maximum Gasteiger partial charge on any atom is 0.231 e. The molecule has 146 valence electrons. The molecule has 0 radical (unpaired) electrons. The van der Waals surface area contributed by atoms with Crippen LogP contribution >= 0.6 is 0 Å². The second-order valence-corrected chi connectivity index (χ2v) is 6.87. The fraction of sp³-hybridized carbons (Fsp3) is 0.368. The van der Waals surface area contributed by atoms with E-state index in [-0.39, 0.29) is 18.7 Å². The summed E-state index contributed by atoms with van der Waals surface area (Å²) in [6.45, 7) is 4.72. The van der Waals surface area contributed by atoms with Crippen LogP contribution in [0.4, 0.5) is 5.82 Å². The topological polar surface area (TPSA) is 103 Å². The van der Waals surface area contributed by atoms with Crippen LogP contribution in [0.1, 0.15) is 31.7 Å². The van der Waals surface area contributed by atoms with Gasteiger partial charge in [-0.15, -0.1) is 15.3 Å². The highest BCUT2D eigenvalue weighted by atomic mass is 16.7. The van der Waals surface area contributed by atoms with Crippen molar-refractivity contribution in [3.05, 3.63) is 41.7 Å². The first-order valence-corrected chi connectivity index (χ1v) is 9.21. The van der Waals surface area contributed by atoms with Crippen molar-refractivity contribution in [1.29, 1.82) is 0 Å². The second-order valence-electron chi connectivity index (χ2n) is 6.87. The quantitative estimate of drug-likeness (QED) is 0.643. The van der Waals surface area contributed by atoms with Gasteiger partial charge in [-0.2, -0.15) is 4.52 Å². The van der Waals surface area contributed by atoms with Gasteiger partial charge in [-0.05, 0) is 43.7 Å². The Morgan fingerprint density at radius 2 is 2.04 bits per heavy atom. The molecule has 0 bridgehead atoms. The second kappa shape index (κ2) is 7.71. The Bertz CT molecular complexity index is 1000. The summed E-state index contributed by atoms with van der Waals surface area (Å²) in [6.07, 6.45) is 0.813. The first kappa shape index (κ1) is 18.0. The molecule has 3 heterocycles. The van der Waals surface area contributed by atoms with Gasteiger partial charge >= 0.3 is 0 Å². The van der Waals surface area contributed by atoms with E-state index in [4.69, 9.17) is 9.47 Å². The van der Waals surface area contributed by atoms with Gasteiger partial charge < -0.3 is 20.1 Å². The minimum atomic E-state index is -0.0103. The highest BCUT2D eigenvalue weighted by Gasteiger charge is 2.14. The molecule has 0 aliphatic carbocycles. The van der Waals surface area contributed by atoms with Crippen LogP contribution in [0.5, 0.6) is 11.5 Å². The highest BCUT2D eigenvalue weighted by Crippen LogP contribution is 2.32. The minimum Gasteiger partial charge on any atom is -0.454 e. The lowest BCUT2D eigenvalue weighted by molar-refractivity contribution is -0.121. The third-order valence-electron chi connectivity index (χ3n) is 4.26. The van der Waals surface area contributed by atoms with Crippen LogP contribution in [0.15, 0.2) is 30.3 Å². The monoisotopic (exact) mass is 382 g/mol. The number of aromatic nitrogens is 4. The van der Waals surface area contributed by atoms with E-state index in [0.29, 0.717) is 36.7 Å². The van der Waals surface area contributed by atoms with Crippen molar-refractivity contribution in [3.8, 4) is 11.5 Å². The number of aryl methyl sites for hydroxylation is 1. The molecule has 1 aromatic carbocycles. The van der Waals surface area contributed by atoms with Crippen molar-refractivity contribution in [2.45, 2.75) is 39.3 Å². The third kappa shape index (κ3) is 3.98. The number of benzene rings is 1. The van der Waals surface area contributed by atoms with Gasteiger partial charge in [0.25, 0.3) is 0 Å². The van der Waals surface area contributed by atoms with Crippen LogP contribution in [0, 0.1) is 0 Å². The number of carbonyl (C=O) groups is 1. The van der Waals surface area contributed by atoms with Gasteiger partial charge in [-0.1, -0.05) is 6.07 Å². The Balaban J connectivity index is 1.43. The molecule has 4 rings (SSSR count). The van der Waals surface area contributed by atoms with E-state index >= 15 is 0 Å². The number of amides is 1. The molecule has 28 heavy (non-hydrogen) atoms. The lowest BCUT2D eigenvalue weighted by Gasteiger charge is -2.08. The van der Waals surface area contributed by atoms with E-state index in [1.54, 1.807) is 4.52 Å². The molecule has 1 aliphatic heterocycles. The molecule has 9 nitrogen and oxygen atoms in total. The largest absolute Gasteiger partial charge is 0.454 e. The summed E-state index contributed by atoms with van der Waals surface area (Å²) in [6, 6.07) is 9.65. The molecule has 0 saturated carbocycles. The molecule has 0 atom stereocenters. The highest BCUT2D eigenvalue weighted by molar-refractivity contribution is 5.76. The lowest BCUT2D eigenvalue weighted by Crippen LogP contribution is -2.30. The number of nitrogens with one attached hydrogen (secondary N) is 2. The Kier molecular flexibility index (Phi) is 4.96. The molecule has 1 aliphatic rings. The molecular weight excluding hydrogens is 360 g/mol. The van der Waals surface area contributed by atoms with Crippen LogP contribution in [0.25, 0.3) is 5.65 Å². The van der Waals surface area contributed by atoms with Gasteiger partial charge in [0.1, 0.15) is 5.82 Å². The molecule has 1 amide bonds. The molecule has 9 heteroatoms. The Labute approximate surface area is 162 Å². The van der Waals surface area contributed by atoms with Gasteiger partial charge in [0.05, 0.1) is 0 Å². The van der Waals surface area contributed by atoms with E-state index in [1.165, 1.54) is 0 Å². The summed E-state index contributed by atoms with van der Waals surface area (Å²) in [5.74, 6) is 2.85. The fourth-order valence-electron chi connectivity index (χ4n) is 2.95. The summed E-state index contributed by atoms with van der Waals surface area (Å²) in [7, 11) is 0. The Morgan fingerprint density at radius 1 is 1.18 bits per heavy atom. The van der Waals surface area contributed by atoms with Gasteiger partial charge in [-0.25, -0.2) is 0 Å². The zero-order valence-corrected chi connectivity index (χ0v) is 15.8. The maximum atomic E-state index is 11.9. The molecule has 0 unspecified atom stereocenters. The Hall–Kier alpha value is -3.36. The van der Waals surface area contributed by atoms with E-state index < -0.39 is 0 Å². The maximum absolute atomic E-state index is 11.9. The van der Waals surface area contributed by atoms with Gasteiger partial charge in [-0.3, -0.25) is 4.79 Å². The number of hydrogen-bond acceptors (Lipinski definition) is 7. The number of hydrogen-bond donors (Lipinski definition) is 2. The summed E-state index contributed by atoms with van der Waals surface area (Å²) < 4.78 is 12.4. The van der Waals surface area contributed by atoms with Crippen molar-refractivity contribution < 1.29 is 14.3 Å². The number of nitrogens with zero attached hydrogens (tertiary/aromatic N) is 4. The van der Waals surface area contributed by atoms with Crippen molar-refractivity contribution in [1.82, 2.24) is 25.1 Å². The molecule has 2 aromatic heterocycles. The molecule has 0 fully saturated rings. The van der Waals surface area contributed by atoms with Crippen molar-refractivity contribution in [3.63, 3.8) is 0 Å². The summed E-state index contributed by atoms with van der Waals surface area (Å²) in [5, 5.41) is 19.0. The first-order chi connectivity index (χ1) is 13.6. The number of ether oxygens (including phenoxy) is 2. The summed E-state index contributed by atoms with van der Waals surface area (Å²) in [5.41, 5.74) is 1.70. The number of rotatable bonds is 7. The molecule has 0 saturated heterocycles.